The van der Waals surface area contributed by atoms with Gasteiger partial charge in [-0.2, -0.15) is 28.1 Å². The topological polar surface area (TPSA) is 257 Å². The van der Waals surface area contributed by atoms with Gasteiger partial charge in [-0.25, -0.2) is 32.3 Å². The monoisotopic (exact) mass is 828 g/mol. The van der Waals surface area contributed by atoms with Gasteiger partial charge in [0.05, 0.1) is 34.8 Å². The molecular formula is C32H28ClF3N6O13S. The normalized spacial score (nSPS) is 10.9. The molecule has 1 aromatic heterocycles. The number of esters is 2. The summed E-state index contributed by atoms with van der Waals surface area (Å²) in [5.41, 5.74) is -2.63. The number of ether oxygens (including phenoxy) is 4. The Kier molecular flexibility index (Phi) is 14.6. The smallest absolute Gasteiger partial charge is 0.416 e. The third kappa shape index (κ3) is 11.7. The second-order valence-electron chi connectivity index (χ2n) is 10.5. The lowest BCUT2D eigenvalue weighted by molar-refractivity contribution is -0.385. The van der Waals surface area contributed by atoms with E-state index in [9.17, 15) is 50.9 Å². The molecule has 0 radical (unpaired) electrons. The first-order chi connectivity index (χ1) is 26.2. The lowest BCUT2D eigenvalue weighted by Gasteiger charge is -2.17. The van der Waals surface area contributed by atoms with Crippen molar-refractivity contribution in [2.75, 3.05) is 32.3 Å². The van der Waals surface area contributed by atoms with Gasteiger partial charge in [-0.05, 0) is 50.2 Å². The molecule has 56 heavy (non-hydrogen) atoms. The summed E-state index contributed by atoms with van der Waals surface area (Å²) >= 11 is 5.81. The number of urea groups is 1. The molecule has 0 aliphatic heterocycles. The fourth-order valence-electron chi connectivity index (χ4n) is 4.08. The molecule has 19 nitrogen and oxygen atoms in total. The summed E-state index contributed by atoms with van der Waals surface area (Å²) < 4.78 is 84.2. The summed E-state index contributed by atoms with van der Waals surface area (Å²) in [6, 6.07) is 9.13. The van der Waals surface area contributed by atoms with Crippen LogP contribution in [0.1, 0.15) is 39.0 Å². The number of aryl methyl sites for hydroxylation is 1. The third-order valence-corrected chi connectivity index (χ3v) is 8.30. The molecule has 2 N–H and O–H groups in total. The number of aromatic nitrogens is 3. The maximum absolute atomic E-state index is 12.7. The second-order valence-corrected chi connectivity index (χ2v) is 12.6. The highest BCUT2D eigenvalue weighted by molar-refractivity contribution is 7.90. The molecule has 0 saturated carbocycles. The number of methoxy groups -OCH3 is 1. The number of carbonyl (C=O) groups excluding carboxylic acids is 3. The van der Waals surface area contributed by atoms with E-state index in [2.05, 4.69) is 19.7 Å². The number of carboxylic acids is 1. The van der Waals surface area contributed by atoms with Crippen LogP contribution in [0.15, 0.2) is 65.6 Å². The maximum Gasteiger partial charge on any atom is 0.416 e. The predicted octanol–water partition coefficient (Wildman–Crippen LogP) is 5.20. The van der Waals surface area contributed by atoms with Gasteiger partial charge in [-0.1, -0.05) is 23.7 Å². The van der Waals surface area contributed by atoms with Gasteiger partial charge < -0.3 is 24.1 Å². The number of benzene rings is 3. The Morgan fingerprint density at radius 2 is 1.68 bits per heavy atom. The molecule has 0 saturated heterocycles. The Balaban J connectivity index is 0.000000303. The van der Waals surface area contributed by atoms with Crippen molar-refractivity contribution >= 4 is 57.2 Å². The number of rotatable bonds is 12. The summed E-state index contributed by atoms with van der Waals surface area (Å²) in [4.78, 5) is 69.1. The molecule has 4 aromatic rings. The Morgan fingerprint density at radius 3 is 2.27 bits per heavy atom. The van der Waals surface area contributed by atoms with E-state index in [0.717, 1.165) is 47.4 Å². The van der Waals surface area contributed by atoms with Crippen LogP contribution in [0.2, 0.25) is 5.02 Å². The van der Waals surface area contributed by atoms with E-state index in [-0.39, 0.29) is 40.9 Å². The van der Waals surface area contributed by atoms with E-state index < -0.39 is 78.9 Å². The van der Waals surface area contributed by atoms with E-state index in [1.165, 1.54) is 33.2 Å². The minimum absolute atomic E-state index is 0.0493. The molecule has 3 aromatic carbocycles. The molecular weight excluding hydrogens is 801 g/mol. The summed E-state index contributed by atoms with van der Waals surface area (Å²) in [5, 5.41) is 19.9. The molecule has 298 valence electrons. The van der Waals surface area contributed by atoms with Crippen LogP contribution >= 0.6 is 11.6 Å². The van der Waals surface area contributed by atoms with E-state index in [4.69, 9.17) is 30.9 Å². The first kappa shape index (κ1) is 43.8. The van der Waals surface area contributed by atoms with Gasteiger partial charge in [0.25, 0.3) is 15.7 Å². The van der Waals surface area contributed by atoms with Crippen LogP contribution in [0.25, 0.3) is 0 Å². The number of nitro groups is 1. The molecule has 0 atom stereocenters. The number of nitrogens with zero attached hydrogens (tertiary/aromatic N) is 5. The van der Waals surface area contributed by atoms with Crippen LogP contribution in [0.3, 0.4) is 0 Å². The lowest BCUT2D eigenvalue weighted by atomic mass is 10.1. The van der Waals surface area contributed by atoms with Gasteiger partial charge in [0.2, 0.25) is 5.95 Å². The molecule has 0 unspecified atom stereocenters. The zero-order valence-electron chi connectivity index (χ0n) is 29.2. The number of halogens is 4. The predicted molar refractivity (Wildman–Crippen MR) is 185 cm³/mol. The quantitative estimate of drug-likeness (QED) is 0.106. The van der Waals surface area contributed by atoms with Crippen LogP contribution in [0.4, 0.5) is 29.6 Å². The average molecular weight is 829 g/mol. The molecule has 0 fully saturated rings. The van der Waals surface area contributed by atoms with Crippen molar-refractivity contribution < 1.29 is 69.7 Å². The molecule has 0 aliphatic rings. The van der Waals surface area contributed by atoms with Gasteiger partial charge >= 0.3 is 36.1 Å². The van der Waals surface area contributed by atoms with Crippen LogP contribution < -0.4 is 19.1 Å². The van der Waals surface area contributed by atoms with Crippen molar-refractivity contribution in [1.29, 1.82) is 0 Å². The number of nitrogens with one attached hydrogen (secondary N) is 1. The van der Waals surface area contributed by atoms with Crippen LogP contribution in [0, 0.1) is 17.0 Å². The Labute approximate surface area is 319 Å². The molecule has 0 bridgehead atoms. The Bertz CT molecular complexity index is 2260. The number of hydrogen-bond donors (Lipinski definition) is 2. The number of alkyl halides is 3. The van der Waals surface area contributed by atoms with Crippen molar-refractivity contribution in [3.63, 3.8) is 0 Å². The van der Waals surface area contributed by atoms with Crippen molar-refractivity contribution in [2.24, 2.45) is 0 Å². The number of anilines is 1. The SMILES string of the molecule is CCOC(=O)COC(=O)c1cc(Oc2ccc(C(F)(F)F)cc2Cl)ccc1[N+](=O)[O-].COc1nc(C)nc(N(C)C(=O)NS(=O)(=O)c2ccccc2C(=O)O)n1. The van der Waals surface area contributed by atoms with Crippen LogP contribution in [0.5, 0.6) is 17.5 Å². The van der Waals surface area contributed by atoms with Gasteiger partial charge in [-0.15, -0.1) is 0 Å². The van der Waals surface area contributed by atoms with E-state index in [0.29, 0.717) is 6.07 Å². The zero-order valence-corrected chi connectivity index (χ0v) is 30.8. The summed E-state index contributed by atoms with van der Waals surface area (Å²) in [6.07, 6.45) is -4.61. The minimum atomic E-state index is -4.61. The third-order valence-electron chi connectivity index (χ3n) is 6.63. The number of sulfonamides is 1. The summed E-state index contributed by atoms with van der Waals surface area (Å²) in [5.74, 6) is -3.69. The first-order valence-corrected chi connectivity index (χ1v) is 17.1. The number of amides is 2. The van der Waals surface area contributed by atoms with Crippen LogP contribution in [-0.2, 0) is 30.5 Å². The molecule has 0 spiro atoms. The average Bonchev–Trinajstić information content (AvgIpc) is 3.13. The fraction of sp³-hybridized carbons (Fsp3) is 0.219. The Hall–Kier alpha value is -6.62. The standard InChI is InChI=1S/C18H13ClF3NO7.C14H15N5O6S/c1-2-28-16(24)9-29-17(25)12-8-11(4-5-14(12)23(26)27)30-15-6-3-10(7-13(15)19)18(20,21)22;1-8-15-12(17-13(16-8)25-3)19(2)14(22)18-26(23,24)10-7-5-4-6-9(10)11(20)21/h3-8H,2,9H2,1H3;4-7H,1-3H3,(H,18,22)(H,20,21). The highest BCUT2D eigenvalue weighted by Gasteiger charge is 2.31. The number of hydrogen-bond acceptors (Lipinski definition) is 15. The van der Waals surface area contributed by atoms with E-state index in [1.807, 2.05) is 0 Å². The number of carboxylic acid groups (broad SMARTS) is 1. The van der Waals surface area contributed by atoms with Gasteiger partial charge in [0.15, 0.2) is 6.61 Å². The highest BCUT2D eigenvalue weighted by atomic mass is 35.5. The lowest BCUT2D eigenvalue weighted by Crippen LogP contribution is -2.42. The first-order valence-electron chi connectivity index (χ1n) is 15.2. The van der Waals surface area contributed by atoms with Crippen LogP contribution in [-0.4, -0.2) is 84.7 Å². The highest BCUT2D eigenvalue weighted by Crippen LogP contribution is 2.37. The van der Waals surface area contributed by atoms with Crippen molar-refractivity contribution in [3.05, 3.63) is 98.3 Å². The maximum atomic E-state index is 12.7. The van der Waals surface area contributed by atoms with E-state index in [1.54, 1.807) is 11.6 Å². The second kappa shape index (κ2) is 18.6. The summed E-state index contributed by atoms with van der Waals surface area (Å²) in [7, 11) is -1.87. The van der Waals surface area contributed by atoms with Crippen molar-refractivity contribution in [3.8, 4) is 17.5 Å². The molecule has 24 heteroatoms. The molecule has 2 amide bonds. The van der Waals surface area contributed by atoms with E-state index >= 15 is 0 Å². The van der Waals surface area contributed by atoms with Gasteiger partial charge in [-0.3, -0.25) is 15.0 Å². The van der Waals surface area contributed by atoms with Crippen molar-refractivity contribution in [2.45, 2.75) is 24.9 Å². The molecule has 0 aliphatic carbocycles. The minimum Gasteiger partial charge on any atom is -0.478 e. The number of carbonyl (C=O) groups is 4. The number of nitro benzene ring substituents is 1. The Morgan fingerprint density at radius 1 is 1.00 bits per heavy atom. The summed E-state index contributed by atoms with van der Waals surface area (Å²) in [6.45, 7) is 2.37. The number of aromatic carboxylic acids is 1. The zero-order chi connectivity index (χ0) is 42.0. The van der Waals surface area contributed by atoms with Gasteiger partial charge in [0, 0.05) is 19.2 Å². The largest absolute Gasteiger partial charge is 0.478 e. The fourth-order valence-corrected chi connectivity index (χ4v) is 5.48. The van der Waals surface area contributed by atoms with Gasteiger partial charge in [0.1, 0.15) is 27.8 Å². The molecule has 4 rings (SSSR count). The van der Waals surface area contributed by atoms with Crippen molar-refractivity contribution in [1.82, 2.24) is 19.7 Å². The molecule has 1 heterocycles.